The van der Waals surface area contributed by atoms with Crippen LogP contribution in [0.3, 0.4) is 0 Å². The standard InChI is InChI=1S/C17H30N2/c1-7-10-19(13(2)3)12-17(18-6)16-11-14(4)8-9-15(16)5/h8-9,11,13,17-18H,7,10,12H2,1-6H3. The summed E-state index contributed by atoms with van der Waals surface area (Å²) >= 11 is 0. The van der Waals surface area contributed by atoms with Crippen LogP contribution in [-0.2, 0) is 0 Å². The first-order valence-electron chi connectivity index (χ1n) is 7.48. The molecule has 1 N–H and O–H groups in total. The van der Waals surface area contributed by atoms with Gasteiger partial charge in [0, 0.05) is 18.6 Å². The van der Waals surface area contributed by atoms with Gasteiger partial charge in [0.25, 0.3) is 0 Å². The van der Waals surface area contributed by atoms with Crippen molar-refractivity contribution in [2.75, 3.05) is 20.1 Å². The summed E-state index contributed by atoms with van der Waals surface area (Å²) in [5.41, 5.74) is 4.15. The minimum atomic E-state index is 0.411. The van der Waals surface area contributed by atoms with Crippen LogP contribution in [0.4, 0.5) is 0 Å². The zero-order valence-corrected chi connectivity index (χ0v) is 13.5. The number of aryl methyl sites for hydroxylation is 2. The summed E-state index contributed by atoms with van der Waals surface area (Å²) in [4.78, 5) is 2.56. The molecule has 1 rings (SSSR count). The lowest BCUT2D eigenvalue weighted by atomic mass is 9.98. The highest BCUT2D eigenvalue weighted by atomic mass is 15.2. The van der Waals surface area contributed by atoms with E-state index in [-0.39, 0.29) is 0 Å². The van der Waals surface area contributed by atoms with Crippen LogP contribution in [-0.4, -0.2) is 31.1 Å². The summed E-state index contributed by atoms with van der Waals surface area (Å²) in [6, 6.07) is 7.75. The zero-order chi connectivity index (χ0) is 14.4. The Morgan fingerprint density at radius 2 is 1.89 bits per heavy atom. The Morgan fingerprint density at radius 1 is 1.21 bits per heavy atom. The van der Waals surface area contributed by atoms with Crippen molar-refractivity contribution in [1.82, 2.24) is 10.2 Å². The molecule has 0 radical (unpaired) electrons. The summed E-state index contributed by atoms with van der Waals surface area (Å²) < 4.78 is 0. The van der Waals surface area contributed by atoms with Crippen molar-refractivity contribution in [3.8, 4) is 0 Å². The summed E-state index contributed by atoms with van der Waals surface area (Å²) in [6.45, 7) is 13.4. The van der Waals surface area contributed by atoms with Gasteiger partial charge in [-0.2, -0.15) is 0 Å². The van der Waals surface area contributed by atoms with E-state index in [1.165, 1.54) is 29.7 Å². The molecule has 1 unspecified atom stereocenters. The number of nitrogens with one attached hydrogen (secondary N) is 1. The Hall–Kier alpha value is -0.860. The van der Waals surface area contributed by atoms with Crippen LogP contribution in [0.5, 0.6) is 0 Å². The Balaban J connectivity index is 2.90. The second-order valence-electron chi connectivity index (χ2n) is 5.79. The van der Waals surface area contributed by atoms with E-state index in [0.717, 1.165) is 6.54 Å². The molecule has 2 heteroatoms. The smallest absolute Gasteiger partial charge is 0.0449 e. The van der Waals surface area contributed by atoms with E-state index in [0.29, 0.717) is 12.1 Å². The molecular weight excluding hydrogens is 232 g/mol. The normalized spacial score (nSPS) is 13.3. The number of hydrogen-bond donors (Lipinski definition) is 1. The summed E-state index contributed by atoms with van der Waals surface area (Å²) in [7, 11) is 2.07. The van der Waals surface area contributed by atoms with E-state index >= 15 is 0 Å². The minimum absolute atomic E-state index is 0.411. The van der Waals surface area contributed by atoms with Gasteiger partial charge >= 0.3 is 0 Å². The molecule has 0 heterocycles. The predicted molar refractivity (Wildman–Crippen MR) is 84.7 cm³/mol. The largest absolute Gasteiger partial charge is 0.312 e. The van der Waals surface area contributed by atoms with E-state index in [4.69, 9.17) is 0 Å². The second kappa shape index (κ2) is 7.66. The van der Waals surface area contributed by atoms with Crippen molar-refractivity contribution in [2.24, 2.45) is 0 Å². The van der Waals surface area contributed by atoms with Crippen LogP contribution < -0.4 is 5.32 Å². The van der Waals surface area contributed by atoms with E-state index in [1.807, 2.05) is 0 Å². The fraction of sp³-hybridized carbons (Fsp3) is 0.647. The van der Waals surface area contributed by atoms with Gasteiger partial charge in [0.15, 0.2) is 0 Å². The topological polar surface area (TPSA) is 15.3 Å². The molecule has 108 valence electrons. The highest BCUT2D eigenvalue weighted by Gasteiger charge is 2.17. The Labute approximate surface area is 119 Å². The first-order chi connectivity index (χ1) is 8.99. The third kappa shape index (κ3) is 4.63. The maximum atomic E-state index is 3.49. The van der Waals surface area contributed by atoms with Crippen LogP contribution in [0.25, 0.3) is 0 Å². The molecule has 1 aromatic rings. The molecule has 1 aromatic carbocycles. The average Bonchev–Trinajstić information content (AvgIpc) is 2.37. The number of benzene rings is 1. The van der Waals surface area contributed by atoms with E-state index < -0.39 is 0 Å². The molecule has 0 aliphatic heterocycles. The van der Waals surface area contributed by atoms with Crippen LogP contribution in [0.1, 0.15) is 49.9 Å². The van der Waals surface area contributed by atoms with Crippen molar-refractivity contribution in [3.05, 3.63) is 34.9 Å². The van der Waals surface area contributed by atoms with Gasteiger partial charge in [-0.3, -0.25) is 4.90 Å². The lowest BCUT2D eigenvalue weighted by Gasteiger charge is -2.31. The summed E-state index contributed by atoms with van der Waals surface area (Å²) in [5, 5.41) is 3.49. The Kier molecular flexibility index (Phi) is 6.53. The quantitative estimate of drug-likeness (QED) is 0.806. The van der Waals surface area contributed by atoms with Gasteiger partial charge in [-0.1, -0.05) is 30.7 Å². The fourth-order valence-electron chi connectivity index (χ4n) is 2.56. The van der Waals surface area contributed by atoms with Gasteiger partial charge in [0.1, 0.15) is 0 Å². The highest BCUT2D eigenvalue weighted by molar-refractivity contribution is 5.33. The van der Waals surface area contributed by atoms with Gasteiger partial charge < -0.3 is 5.32 Å². The maximum Gasteiger partial charge on any atom is 0.0449 e. The Bertz CT molecular complexity index is 385. The van der Waals surface area contributed by atoms with Crippen molar-refractivity contribution < 1.29 is 0 Å². The third-order valence-electron chi connectivity index (χ3n) is 3.82. The van der Waals surface area contributed by atoms with Crippen molar-refractivity contribution in [3.63, 3.8) is 0 Å². The monoisotopic (exact) mass is 262 g/mol. The summed E-state index contributed by atoms with van der Waals surface area (Å²) in [6.07, 6.45) is 1.21. The SMILES string of the molecule is CCCN(CC(NC)c1cc(C)ccc1C)C(C)C. The first kappa shape index (κ1) is 16.2. The predicted octanol–water partition coefficient (Wildman–Crippen LogP) is 3.68. The second-order valence-corrected chi connectivity index (χ2v) is 5.79. The van der Waals surface area contributed by atoms with Crippen molar-refractivity contribution >= 4 is 0 Å². The molecule has 0 aromatic heterocycles. The number of nitrogens with zero attached hydrogens (tertiary/aromatic N) is 1. The van der Waals surface area contributed by atoms with Crippen molar-refractivity contribution in [2.45, 2.75) is 53.1 Å². The van der Waals surface area contributed by atoms with Gasteiger partial charge in [-0.25, -0.2) is 0 Å². The lowest BCUT2D eigenvalue weighted by Crippen LogP contribution is -2.39. The zero-order valence-electron chi connectivity index (χ0n) is 13.5. The molecule has 0 fully saturated rings. The Morgan fingerprint density at radius 3 is 2.42 bits per heavy atom. The molecule has 19 heavy (non-hydrogen) atoms. The minimum Gasteiger partial charge on any atom is -0.312 e. The molecule has 0 saturated heterocycles. The number of rotatable bonds is 7. The molecule has 0 aliphatic rings. The molecule has 0 spiro atoms. The van der Waals surface area contributed by atoms with Crippen LogP contribution in [0.2, 0.25) is 0 Å². The van der Waals surface area contributed by atoms with Crippen LogP contribution >= 0.6 is 0 Å². The van der Waals surface area contributed by atoms with Gasteiger partial charge in [-0.15, -0.1) is 0 Å². The van der Waals surface area contributed by atoms with Crippen LogP contribution in [0, 0.1) is 13.8 Å². The molecule has 0 bridgehead atoms. The average molecular weight is 262 g/mol. The van der Waals surface area contributed by atoms with Crippen LogP contribution in [0.15, 0.2) is 18.2 Å². The van der Waals surface area contributed by atoms with Gasteiger partial charge in [0.05, 0.1) is 0 Å². The number of likely N-dealkylation sites (N-methyl/N-ethyl adjacent to an activating group) is 1. The fourth-order valence-corrected chi connectivity index (χ4v) is 2.56. The molecule has 2 nitrogen and oxygen atoms in total. The molecule has 0 saturated carbocycles. The molecule has 0 aliphatic carbocycles. The van der Waals surface area contributed by atoms with E-state index in [9.17, 15) is 0 Å². The molecule has 0 amide bonds. The maximum absolute atomic E-state index is 3.49. The van der Waals surface area contributed by atoms with E-state index in [2.05, 4.69) is 70.1 Å². The lowest BCUT2D eigenvalue weighted by molar-refractivity contribution is 0.200. The first-order valence-corrected chi connectivity index (χ1v) is 7.48. The number of hydrogen-bond acceptors (Lipinski definition) is 2. The highest BCUT2D eigenvalue weighted by Crippen LogP contribution is 2.21. The third-order valence-corrected chi connectivity index (χ3v) is 3.82. The van der Waals surface area contributed by atoms with Crippen molar-refractivity contribution in [1.29, 1.82) is 0 Å². The molecular formula is C17H30N2. The van der Waals surface area contributed by atoms with Gasteiger partial charge in [-0.05, 0) is 58.8 Å². The van der Waals surface area contributed by atoms with E-state index in [1.54, 1.807) is 0 Å². The summed E-state index contributed by atoms with van der Waals surface area (Å²) in [5.74, 6) is 0. The molecule has 1 atom stereocenters. The van der Waals surface area contributed by atoms with Gasteiger partial charge in [0.2, 0.25) is 0 Å².